The summed E-state index contributed by atoms with van der Waals surface area (Å²) >= 11 is 0. The zero-order valence-electron chi connectivity index (χ0n) is 12.3. The summed E-state index contributed by atoms with van der Waals surface area (Å²) in [5.41, 5.74) is 1.49. The average Bonchev–Trinajstić information content (AvgIpc) is 3.03. The lowest BCUT2D eigenvalue weighted by atomic mass is 10.2. The summed E-state index contributed by atoms with van der Waals surface area (Å²) in [6.07, 6.45) is 3.42. The van der Waals surface area contributed by atoms with Crippen molar-refractivity contribution in [2.24, 2.45) is 0 Å². The molecular weight excluding hydrogens is 294 g/mol. The van der Waals surface area contributed by atoms with Gasteiger partial charge in [-0.2, -0.15) is 0 Å². The van der Waals surface area contributed by atoms with E-state index in [0.717, 1.165) is 0 Å². The van der Waals surface area contributed by atoms with Crippen LogP contribution in [-0.4, -0.2) is 34.4 Å². The van der Waals surface area contributed by atoms with Crippen molar-refractivity contribution < 1.29 is 14.3 Å². The van der Waals surface area contributed by atoms with Crippen LogP contribution in [0.5, 0.6) is 0 Å². The normalized spacial score (nSPS) is 10.4. The lowest BCUT2D eigenvalue weighted by Crippen LogP contribution is -2.28. The zero-order valence-corrected chi connectivity index (χ0v) is 12.3. The fourth-order valence-electron chi connectivity index (χ4n) is 2.11. The number of imidazole rings is 1. The van der Waals surface area contributed by atoms with Crippen molar-refractivity contribution in [2.45, 2.75) is 0 Å². The topological polar surface area (TPSA) is 72.7 Å². The second-order valence-electron chi connectivity index (χ2n) is 4.85. The summed E-state index contributed by atoms with van der Waals surface area (Å²) < 4.78 is 6.86. The van der Waals surface area contributed by atoms with Crippen molar-refractivity contribution >= 4 is 17.5 Å². The highest BCUT2D eigenvalue weighted by Crippen LogP contribution is 2.05. The molecule has 23 heavy (non-hydrogen) atoms. The summed E-state index contributed by atoms with van der Waals surface area (Å²) in [7, 11) is 0. The van der Waals surface area contributed by atoms with E-state index >= 15 is 0 Å². The van der Waals surface area contributed by atoms with E-state index in [9.17, 15) is 9.59 Å². The van der Waals surface area contributed by atoms with Crippen LogP contribution in [0.4, 0.5) is 0 Å². The molecule has 1 amide bonds. The van der Waals surface area contributed by atoms with Gasteiger partial charge >= 0.3 is 5.97 Å². The first-order valence-electron chi connectivity index (χ1n) is 7.18. The van der Waals surface area contributed by atoms with Crippen molar-refractivity contribution in [1.29, 1.82) is 0 Å². The summed E-state index contributed by atoms with van der Waals surface area (Å²) in [5, 5.41) is 2.69. The lowest BCUT2D eigenvalue weighted by Gasteiger charge is -2.05. The molecule has 0 saturated carbocycles. The zero-order chi connectivity index (χ0) is 16.1. The van der Waals surface area contributed by atoms with E-state index in [1.807, 2.05) is 18.2 Å². The van der Waals surface area contributed by atoms with E-state index in [1.165, 1.54) is 0 Å². The van der Waals surface area contributed by atoms with Crippen LogP contribution in [-0.2, 0) is 4.74 Å². The summed E-state index contributed by atoms with van der Waals surface area (Å²) in [6, 6.07) is 14.4. The SMILES string of the molecule is O=C(NCCOC(=O)c1cn2ccccc2n1)c1ccccc1. The molecule has 0 radical (unpaired) electrons. The first-order valence-corrected chi connectivity index (χ1v) is 7.18. The van der Waals surface area contributed by atoms with Gasteiger partial charge in [0, 0.05) is 18.0 Å². The molecule has 0 fully saturated rings. The standard InChI is InChI=1S/C17H15N3O3/c21-16(13-6-2-1-3-7-13)18-9-11-23-17(22)14-12-20-10-5-4-8-15(20)19-14/h1-8,10,12H,9,11H2,(H,18,21). The molecule has 2 aromatic heterocycles. The van der Waals surface area contributed by atoms with Gasteiger partial charge in [0.25, 0.3) is 5.91 Å². The van der Waals surface area contributed by atoms with Crippen LogP contribution in [0.3, 0.4) is 0 Å². The molecular formula is C17H15N3O3. The van der Waals surface area contributed by atoms with Gasteiger partial charge in [0.15, 0.2) is 5.69 Å². The number of rotatable bonds is 5. The Kier molecular flexibility index (Phi) is 4.33. The minimum atomic E-state index is -0.511. The molecule has 3 rings (SSSR count). The van der Waals surface area contributed by atoms with Gasteiger partial charge in [-0.3, -0.25) is 4.79 Å². The van der Waals surface area contributed by atoms with Crippen LogP contribution in [0.2, 0.25) is 0 Å². The van der Waals surface area contributed by atoms with E-state index in [-0.39, 0.29) is 24.8 Å². The highest BCUT2D eigenvalue weighted by Gasteiger charge is 2.12. The third kappa shape index (κ3) is 3.55. The Morgan fingerprint density at radius 3 is 2.65 bits per heavy atom. The third-order valence-corrected chi connectivity index (χ3v) is 3.23. The average molecular weight is 309 g/mol. The summed E-state index contributed by atoms with van der Waals surface area (Å²) in [6.45, 7) is 0.331. The van der Waals surface area contributed by atoms with Crippen LogP contribution in [0.1, 0.15) is 20.8 Å². The molecule has 116 valence electrons. The van der Waals surface area contributed by atoms with Crippen molar-refractivity contribution in [3.63, 3.8) is 0 Å². The number of carbonyl (C=O) groups excluding carboxylic acids is 2. The van der Waals surface area contributed by atoms with Gasteiger partial charge in [0.1, 0.15) is 12.3 Å². The number of benzene rings is 1. The number of ether oxygens (including phenoxy) is 1. The molecule has 0 bridgehead atoms. The maximum Gasteiger partial charge on any atom is 0.358 e. The number of hydrogen-bond donors (Lipinski definition) is 1. The third-order valence-electron chi connectivity index (χ3n) is 3.23. The van der Waals surface area contributed by atoms with Crippen molar-refractivity contribution in [3.8, 4) is 0 Å². The monoisotopic (exact) mass is 309 g/mol. The van der Waals surface area contributed by atoms with Crippen molar-refractivity contribution in [1.82, 2.24) is 14.7 Å². The molecule has 0 atom stereocenters. The van der Waals surface area contributed by atoms with Gasteiger partial charge in [-0.25, -0.2) is 9.78 Å². The first kappa shape index (κ1) is 14.8. The summed E-state index contributed by atoms with van der Waals surface area (Å²) in [5.74, 6) is -0.711. The van der Waals surface area contributed by atoms with Gasteiger partial charge in [0.2, 0.25) is 0 Å². The maximum absolute atomic E-state index is 11.9. The number of pyridine rings is 1. The number of amides is 1. The van der Waals surface area contributed by atoms with Crippen LogP contribution < -0.4 is 5.32 Å². The number of nitrogens with zero attached hydrogens (tertiary/aromatic N) is 2. The van der Waals surface area contributed by atoms with Gasteiger partial charge in [0.05, 0.1) is 6.54 Å². The Labute approximate surface area is 132 Å². The fraction of sp³-hybridized carbons (Fsp3) is 0.118. The molecule has 0 aliphatic carbocycles. The fourth-order valence-corrected chi connectivity index (χ4v) is 2.11. The Hall–Kier alpha value is -3.15. The van der Waals surface area contributed by atoms with E-state index in [2.05, 4.69) is 10.3 Å². The molecule has 6 heteroatoms. The highest BCUT2D eigenvalue weighted by atomic mass is 16.5. The molecule has 3 aromatic rings. The van der Waals surface area contributed by atoms with E-state index in [0.29, 0.717) is 11.2 Å². The molecule has 0 aliphatic heterocycles. The van der Waals surface area contributed by atoms with Crippen LogP contribution in [0.15, 0.2) is 60.9 Å². The number of aromatic nitrogens is 2. The molecule has 0 saturated heterocycles. The minimum absolute atomic E-state index is 0.0886. The molecule has 6 nitrogen and oxygen atoms in total. The Balaban J connectivity index is 1.49. The van der Waals surface area contributed by atoms with Crippen molar-refractivity contribution in [2.75, 3.05) is 13.2 Å². The van der Waals surface area contributed by atoms with Crippen LogP contribution >= 0.6 is 0 Å². The van der Waals surface area contributed by atoms with E-state index in [4.69, 9.17) is 4.74 Å². The Morgan fingerprint density at radius 2 is 1.87 bits per heavy atom. The predicted octanol–water partition coefficient (Wildman–Crippen LogP) is 1.92. The van der Waals surface area contributed by atoms with E-state index < -0.39 is 5.97 Å². The Bertz CT molecular complexity index is 794. The molecule has 1 aromatic carbocycles. The number of carbonyl (C=O) groups is 2. The molecule has 1 N–H and O–H groups in total. The molecule has 2 heterocycles. The highest BCUT2D eigenvalue weighted by molar-refractivity contribution is 5.94. The van der Waals surface area contributed by atoms with Gasteiger partial charge in [-0.1, -0.05) is 24.3 Å². The number of hydrogen-bond acceptors (Lipinski definition) is 4. The number of esters is 1. The lowest BCUT2D eigenvalue weighted by molar-refractivity contribution is 0.0497. The first-order chi connectivity index (χ1) is 11.2. The molecule has 0 spiro atoms. The second kappa shape index (κ2) is 6.74. The van der Waals surface area contributed by atoms with Gasteiger partial charge in [-0.15, -0.1) is 0 Å². The largest absolute Gasteiger partial charge is 0.459 e. The quantitative estimate of drug-likeness (QED) is 0.577. The second-order valence-corrected chi connectivity index (χ2v) is 4.85. The maximum atomic E-state index is 11.9. The van der Waals surface area contributed by atoms with Gasteiger partial charge < -0.3 is 14.5 Å². The molecule has 0 unspecified atom stereocenters. The number of nitrogens with one attached hydrogen (secondary N) is 1. The van der Waals surface area contributed by atoms with Crippen LogP contribution in [0, 0.1) is 0 Å². The Morgan fingerprint density at radius 1 is 1.09 bits per heavy atom. The smallest absolute Gasteiger partial charge is 0.358 e. The predicted molar refractivity (Wildman–Crippen MR) is 84.2 cm³/mol. The minimum Gasteiger partial charge on any atom is -0.459 e. The molecule has 0 aliphatic rings. The van der Waals surface area contributed by atoms with E-state index in [1.54, 1.807) is 47.1 Å². The number of fused-ring (bicyclic) bond motifs is 1. The van der Waals surface area contributed by atoms with Crippen molar-refractivity contribution in [3.05, 3.63) is 72.2 Å². The van der Waals surface area contributed by atoms with Crippen LogP contribution in [0.25, 0.3) is 5.65 Å². The summed E-state index contributed by atoms with van der Waals surface area (Å²) in [4.78, 5) is 27.9. The van der Waals surface area contributed by atoms with Gasteiger partial charge in [-0.05, 0) is 24.3 Å².